The molecule has 1 aliphatic rings. The lowest BCUT2D eigenvalue weighted by Crippen LogP contribution is -2.44. The van der Waals surface area contributed by atoms with Gasteiger partial charge >= 0.3 is 24.5 Å². The molecular formula is C47H37F9N10O5S2. The summed E-state index contributed by atoms with van der Waals surface area (Å²) in [5.74, 6) is -1.14. The van der Waals surface area contributed by atoms with E-state index in [1.807, 2.05) is 6.92 Å². The first-order valence-corrected chi connectivity index (χ1v) is 21.6. The maximum atomic E-state index is 13.5. The number of methoxy groups -OCH3 is 1. The topological polar surface area (TPSA) is 192 Å². The Morgan fingerprint density at radius 3 is 1.78 bits per heavy atom. The predicted octanol–water partition coefficient (Wildman–Crippen LogP) is 9.69. The van der Waals surface area contributed by atoms with Gasteiger partial charge < -0.3 is 15.0 Å². The summed E-state index contributed by atoms with van der Waals surface area (Å²) >= 11 is 9.91. The van der Waals surface area contributed by atoms with Gasteiger partial charge in [-0.15, -0.1) is 0 Å². The third kappa shape index (κ3) is 12.9. The van der Waals surface area contributed by atoms with Crippen molar-refractivity contribution < 1.29 is 53.8 Å². The van der Waals surface area contributed by atoms with Gasteiger partial charge in [0.1, 0.15) is 24.2 Å². The molecule has 1 amide bonds. The van der Waals surface area contributed by atoms with E-state index in [9.17, 15) is 58.7 Å². The molecule has 2 aromatic heterocycles. The lowest BCUT2D eigenvalue weighted by molar-refractivity contribution is -0.145. The number of carbonyl (C=O) groups excluding carboxylic acids is 2. The molecule has 0 spiro atoms. The molecule has 0 radical (unpaired) electrons. The van der Waals surface area contributed by atoms with Crippen LogP contribution in [0.3, 0.4) is 0 Å². The van der Waals surface area contributed by atoms with Crippen LogP contribution in [0.4, 0.5) is 62.3 Å². The minimum Gasteiger partial charge on any atom is -0.467 e. The first-order chi connectivity index (χ1) is 33.9. The van der Waals surface area contributed by atoms with Crippen LogP contribution in [0, 0.1) is 29.6 Å². The molecule has 6 aromatic rings. The highest BCUT2D eigenvalue weighted by Crippen LogP contribution is 2.40. The second kappa shape index (κ2) is 21.3. The summed E-state index contributed by atoms with van der Waals surface area (Å²) < 4.78 is 121. The summed E-state index contributed by atoms with van der Waals surface area (Å²) in [6.45, 7) is 5.05. The van der Waals surface area contributed by atoms with Crippen LogP contribution in [0.5, 0.6) is 0 Å². The number of rotatable bonds is 8. The largest absolute Gasteiger partial charge is 0.467 e. The SMILES string of the molecule is CC1(C)C(=O)N(c2ccc(C#N)c(C(F)(F)F)c2)C(=S)N1c1ccc2c(=O)n(CC(F)(F)F)ncc2c1.COC(=O)C(C)(C)Nc1ccc2c(=O)n(CC(F)(F)F)ncc2c1.Cc1cc(N=C=S)ccc1C#N. The number of benzene rings is 4. The second-order valence-electron chi connectivity index (χ2n) is 16.7. The van der Waals surface area contributed by atoms with E-state index in [0.29, 0.717) is 27.4 Å². The molecule has 380 valence electrons. The number of thiocarbonyl (C=S) groups is 2. The minimum absolute atomic E-state index is 0.0592. The zero-order chi connectivity index (χ0) is 54.6. The standard InChI is InChI=1S/C23H15F6N5O2S.C15H16F3N3O3.C9H6N2S/c1-21(2)19(36)33(14-4-3-12(9-30)17(8-14)23(27,28)29)20(37)34(21)15-5-6-16-13(7-15)10-31-32(18(16)35)11-22(24,25)26;1-14(2,13(23)24-3)20-10-4-5-11-9(6-10)7-19-21(12(11)22)8-15(16,17)18;1-7-4-9(11-6-12)3-2-8(7)5-10/h3-8,10H,11H2,1-2H3;4-7,20H,8H2,1-3H3;2-4H,1H3. The second-order valence-corrected chi connectivity index (χ2v) is 17.3. The van der Waals surface area contributed by atoms with E-state index in [1.54, 1.807) is 32.0 Å². The van der Waals surface area contributed by atoms with Gasteiger partial charge in [0.2, 0.25) is 0 Å². The fourth-order valence-corrected chi connectivity index (χ4v) is 7.79. The van der Waals surface area contributed by atoms with Gasteiger partial charge in [-0.3, -0.25) is 19.3 Å². The Balaban J connectivity index is 0.000000233. The highest BCUT2D eigenvalue weighted by Gasteiger charge is 2.51. The number of nitriles is 2. The van der Waals surface area contributed by atoms with Crippen LogP contribution < -0.4 is 26.2 Å². The van der Waals surface area contributed by atoms with E-state index >= 15 is 0 Å². The zero-order valence-electron chi connectivity index (χ0n) is 38.8. The Morgan fingerprint density at radius 2 is 1.29 bits per heavy atom. The monoisotopic (exact) mass is 1060 g/mol. The molecule has 1 fully saturated rings. The number of anilines is 3. The van der Waals surface area contributed by atoms with Gasteiger partial charge in [0.15, 0.2) is 5.11 Å². The first-order valence-electron chi connectivity index (χ1n) is 20.8. The number of carbonyl (C=O) groups is 2. The molecule has 0 aliphatic carbocycles. The average molecular weight is 1060 g/mol. The zero-order valence-corrected chi connectivity index (χ0v) is 40.4. The number of isothiocyanates is 1. The molecule has 0 unspecified atom stereocenters. The summed E-state index contributed by atoms with van der Waals surface area (Å²) in [4.78, 5) is 55.6. The van der Waals surface area contributed by atoms with Crippen molar-refractivity contribution >= 4 is 90.9 Å². The predicted molar refractivity (Wildman–Crippen MR) is 257 cm³/mol. The van der Waals surface area contributed by atoms with Crippen molar-refractivity contribution in [2.24, 2.45) is 4.99 Å². The maximum Gasteiger partial charge on any atom is 0.417 e. The molecule has 0 atom stereocenters. The molecule has 73 heavy (non-hydrogen) atoms. The Bertz CT molecular complexity index is 3430. The highest BCUT2D eigenvalue weighted by atomic mass is 32.1. The van der Waals surface area contributed by atoms with Gasteiger partial charge in [-0.2, -0.15) is 65.2 Å². The van der Waals surface area contributed by atoms with E-state index in [2.05, 4.69) is 48.7 Å². The van der Waals surface area contributed by atoms with Crippen molar-refractivity contribution in [3.63, 3.8) is 0 Å². The third-order valence-electron chi connectivity index (χ3n) is 10.6. The lowest BCUT2D eigenvalue weighted by atomic mass is 10.0. The van der Waals surface area contributed by atoms with Crippen molar-refractivity contribution in [2.75, 3.05) is 22.2 Å². The fraction of sp³-hybridized carbons (Fsp3) is 0.277. The van der Waals surface area contributed by atoms with Crippen molar-refractivity contribution in [1.82, 2.24) is 19.6 Å². The van der Waals surface area contributed by atoms with E-state index in [4.69, 9.17) is 22.7 Å². The van der Waals surface area contributed by atoms with Crippen molar-refractivity contribution in [3.8, 4) is 12.1 Å². The van der Waals surface area contributed by atoms with Crippen molar-refractivity contribution in [2.45, 2.75) is 77.3 Å². The number of aromatic nitrogens is 4. The van der Waals surface area contributed by atoms with Crippen LogP contribution in [-0.2, 0) is 33.6 Å². The van der Waals surface area contributed by atoms with E-state index in [1.165, 1.54) is 80.6 Å². The van der Waals surface area contributed by atoms with Crippen LogP contribution in [0.15, 0.2) is 99.8 Å². The molecule has 7 rings (SSSR count). The number of nitrogens with one attached hydrogen (secondary N) is 1. The summed E-state index contributed by atoms with van der Waals surface area (Å²) in [6, 6.07) is 20.0. The van der Waals surface area contributed by atoms with Crippen molar-refractivity contribution in [1.29, 1.82) is 10.5 Å². The highest BCUT2D eigenvalue weighted by molar-refractivity contribution is 7.81. The summed E-state index contributed by atoms with van der Waals surface area (Å²) in [7, 11) is 1.26. The molecule has 1 saturated heterocycles. The molecule has 1 N–H and O–H groups in total. The van der Waals surface area contributed by atoms with Crippen LogP contribution in [0.2, 0.25) is 0 Å². The summed E-state index contributed by atoms with van der Waals surface area (Å²) in [6.07, 6.45) is -11.8. The lowest BCUT2D eigenvalue weighted by Gasteiger charge is -2.29. The number of halogens is 9. The average Bonchev–Trinajstić information content (AvgIpc) is 3.48. The van der Waals surface area contributed by atoms with Crippen LogP contribution in [0.1, 0.15) is 49.9 Å². The Kier molecular flexibility index (Phi) is 16.3. The number of fused-ring (bicyclic) bond motifs is 2. The van der Waals surface area contributed by atoms with Gasteiger partial charge in [0.05, 0.1) is 75.6 Å². The fourth-order valence-electron chi connectivity index (χ4n) is 7.17. The molecule has 4 aromatic carbocycles. The third-order valence-corrected chi connectivity index (χ3v) is 11.1. The molecule has 15 nitrogen and oxygen atoms in total. The maximum absolute atomic E-state index is 13.5. The van der Waals surface area contributed by atoms with E-state index in [-0.39, 0.29) is 37.3 Å². The van der Waals surface area contributed by atoms with Crippen molar-refractivity contribution in [3.05, 3.63) is 128 Å². The number of amides is 1. The number of alkyl halides is 9. The molecule has 26 heteroatoms. The van der Waals surface area contributed by atoms with Gasteiger partial charge in [0.25, 0.3) is 17.0 Å². The van der Waals surface area contributed by atoms with Crippen LogP contribution in [-0.4, -0.2) is 72.3 Å². The Hall–Kier alpha value is -8.06. The normalized spacial score (nSPS) is 13.5. The number of aliphatic imine (C=N–C) groups is 1. The number of hydrogen-bond acceptors (Lipinski definition) is 13. The van der Waals surface area contributed by atoms with E-state index in [0.717, 1.165) is 28.4 Å². The smallest absolute Gasteiger partial charge is 0.417 e. The first kappa shape index (κ1) is 55.9. The number of ether oxygens (including phenoxy) is 1. The van der Waals surface area contributed by atoms with E-state index < -0.39 is 76.8 Å². The number of hydrogen-bond donors (Lipinski definition) is 1. The van der Waals surface area contributed by atoms with Crippen LogP contribution >= 0.6 is 24.4 Å². The van der Waals surface area contributed by atoms with Gasteiger partial charge in [-0.05, 0) is 137 Å². The van der Waals surface area contributed by atoms with Crippen LogP contribution in [0.25, 0.3) is 21.5 Å². The number of aryl methyl sites for hydroxylation is 1. The Morgan fingerprint density at radius 1 is 0.767 bits per heavy atom. The molecule has 3 heterocycles. The molecule has 0 saturated carbocycles. The number of nitrogens with zero attached hydrogens (tertiary/aromatic N) is 9. The molecule has 1 aliphatic heterocycles. The van der Waals surface area contributed by atoms with Gasteiger partial charge in [-0.1, -0.05) is 0 Å². The molecular weight excluding hydrogens is 1020 g/mol. The van der Waals surface area contributed by atoms with Gasteiger partial charge in [-0.25, -0.2) is 14.2 Å². The summed E-state index contributed by atoms with van der Waals surface area (Å²) in [5.41, 5.74) is -3.18. The van der Waals surface area contributed by atoms with Gasteiger partial charge in [0, 0.05) is 22.1 Å². The summed E-state index contributed by atoms with van der Waals surface area (Å²) in [5, 5.41) is 30.4. The minimum atomic E-state index is -4.86. The molecule has 0 bridgehead atoms. The number of esters is 1. The Labute approximate surface area is 418 Å². The quantitative estimate of drug-likeness (QED) is 0.0657.